The van der Waals surface area contributed by atoms with Crippen LogP contribution in [0.15, 0.2) is 0 Å². The molecule has 1 heterocycles. The molecule has 0 aliphatic heterocycles. The second-order valence-electron chi connectivity index (χ2n) is 4.39. The summed E-state index contributed by atoms with van der Waals surface area (Å²) in [4.78, 5) is 8.11. The fraction of sp³-hybridized carbons (Fsp3) is 0.769. The Morgan fingerprint density at radius 3 is 2.74 bits per heavy atom. The number of thiazole rings is 1. The molecule has 0 aliphatic carbocycles. The van der Waals surface area contributed by atoms with Gasteiger partial charge in [0.05, 0.1) is 18.9 Å². The number of aromatic nitrogens is 1. The third kappa shape index (κ3) is 5.44. The molecule has 0 radical (unpaired) electrons. The number of nitrogens with one attached hydrogen (secondary N) is 1. The van der Waals surface area contributed by atoms with Gasteiger partial charge in [0, 0.05) is 45.8 Å². The van der Waals surface area contributed by atoms with Crippen molar-refractivity contribution in [3.63, 3.8) is 0 Å². The standard InChI is InChI=1S/C13H25N3O2S/c1-5-7-16(2)13-15-11(10-18-4)12(19-13)9-14-6-8-17-3/h14H,5-10H2,1-4H3. The highest BCUT2D eigenvalue weighted by molar-refractivity contribution is 7.15. The van der Waals surface area contributed by atoms with Crippen molar-refractivity contribution in [2.24, 2.45) is 0 Å². The fourth-order valence-corrected chi connectivity index (χ4v) is 2.75. The van der Waals surface area contributed by atoms with Crippen molar-refractivity contribution < 1.29 is 9.47 Å². The summed E-state index contributed by atoms with van der Waals surface area (Å²) >= 11 is 1.74. The summed E-state index contributed by atoms with van der Waals surface area (Å²) in [6.45, 7) is 6.16. The number of ether oxygens (including phenoxy) is 2. The van der Waals surface area contributed by atoms with Crippen molar-refractivity contribution >= 4 is 16.5 Å². The lowest BCUT2D eigenvalue weighted by molar-refractivity contribution is 0.181. The number of rotatable bonds is 10. The zero-order valence-electron chi connectivity index (χ0n) is 12.4. The molecule has 6 heteroatoms. The maximum Gasteiger partial charge on any atom is 0.185 e. The van der Waals surface area contributed by atoms with Crippen LogP contribution in [0.25, 0.3) is 0 Å². The minimum absolute atomic E-state index is 0.567. The Labute approximate surface area is 119 Å². The first-order valence-electron chi connectivity index (χ1n) is 6.61. The predicted molar refractivity (Wildman–Crippen MR) is 80.0 cm³/mol. The minimum Gasteiger partial charge on any atom is -0.383 e. The molecular weight excluding hydrogens is 262 g/mol. The second kappa shape index (κ2) is 9.25. The maximum absolute atomic E-state index is 5.22. The molecule has 19 heavy (non-hydrogen) atoms. The van der Waals surface area contributed by atoms with Crippen LogP contribution in [0, 0.1) is 0 Å². The van der Waals surface area contributed by atoms with E-state index in [4.69, 9.17) is 9.47 Å². The van der Waals surface area contributed by atoms with Gasteiger partial charge >= 0.3 is 0 Å². The maximum atomic E-state index is 5.22. The molecule has 1 aromatic heterocycles. The van der Waals surface area contributed by atoms with Crippen LogP contribution in [-0.4, -0.2) is 45.9 Å². The van der Waals surface area contributed by atoms with Crippen LogP contribution in [0.3, 0.4) is 0 Å². The molecule has 0 amide bonds. The van der Waals surface area contributed by atoms with E-state index >= 15 is 0 Å². The van der Waals surface area contributed by atoms with Crippen LogP contribution in [0.5, 0.6) is 0 Å². The molecule has 0 saturated carbocycles. The third-order valence-electron chi connectivity index (χ3n) is 2.70. The van der Waals surface area contributed by atoms with Gasteiger partial charge in [-0.1, -0.05) is 6.92 Å². The van der Waals surface area contributed by atoms with Crippen molar-refractivity contribution in [2.75, 3.05) is 45.9 Å². The Morgan fingerprint density at radius 1 is 1.32 bits per heavy atom. The summed E-state index contributed by atoms with van der Waals surface area (Å²) in [5, 5.41) is 4.42. The second-order valence-corrected chi connectivity index (χ2v) is 5.45. The molecule has 0 aromatic carbocycles. The molecule has 0 bridgehead atoms. The lowest BCUT2D eigenvalue weighted by atomic mass is 10.3. The Hall–Kier alpha value is -0.690. The third-order valence-corrected chi connectivity index (χ3v) is 3.91. The van der Waals surface area contributed by atoms with E-state index in [0.717, 1.165) is 43.5 Å². The largest absolute Gasteiger partial charge is 0.383 e. The van der Waals surface area contributed by atoms with Crippen LogP contribution < -0.4 is 10.2 Å². The van der Waals surface area contributed by atoms with Crippen LogP contribution >= 0.6 is 11.3 Å². The number of hydrogen-bond acceptors (Lipinski definition) is 6. The van der Waals surface area contributed by atoms with E-state index in [9.17, 15) is 0 Å². The van der Waals surface area contributed by atoms with E-state index < -0.39 is 0 Å². The molecule has 1 aromatic rings. The van der Waals surface area contributed by atoms with Gasteiger partial charge in [-0.05, 0) is 6.42 Å². The lowest BCUT2D eigenvalue weighted by Gasteiger charge is -2.13. The Morgan fingerprint density at radius 2 is 2.11 bits per heavy atom. The smallest absolute Gasteiger partial charge is 0.185 e. The van der Waals surface area contributed by atoms with Gasteiger partial charge in [0.2, 0.25) is 0 Å². The highest BCUT2D eigenvalue weighted by Gasteiger charge is 2.13. The average Bonchev–Trinajstić information content (AvgIpc) is 2.79. The topological polar surface area (TPSA) is 46.6 Å². The number of hydrogen-bond donors (Lipinski definition) is 1. The molecule has 5 nitrogen and oxygen atoms in total. The van der Waals surface area contributed by atoms with Crippen molar-refractivity contribution in [2.45, 2.75) is 26.5 Å². The molecule has 0 fully saturated rings. The van der Waals surface area contributed by atoms with Crippen LogP contribution in [0.4, 0.5) is 5.13 Å². The monoisotopic (exact) mass is 287 g/mol. The summed E-state index contributed by atoms with van der Waals surface area (Å²) in [7, 11) is 5.50. The highest BCUT2D eigenvalue weighted by atomic mass is 32.1. The Bertz CT molecular complexity index is 358. The Kier molecular flexibility index (Phi) is 7.97. The van der Waals surface area contributed by atoms with Gasteiger partial charge in [0.15, 0.2) is 5.13 Å². The van der Waals surface area contributed by atoms with Gasteiger partial charge in [-0.3, -0.25) is 0 Å². The zero-order chi connectivity index (χ0) is 14.1. The molecule has 1 rings (SSSR count). The normalized spacial score (nSPS) is 10.9. The van der Waals surface area contributed by atoms with Gasteiger partial charge in [-0.2, -0.15) is 0 Å². The summed E-state index contributed by atoms with van der Waals surface area (Å²) in [5.74, 6) is 0. The first-order valence-corrected chi connectivity index (χ1v) is 7.42. The first kappa shape index (κ1) is 16.4. The van der Waals surface area contributed by atoms with E-state index in [-0.39, 0.29) is 0 Å². The van der Waals surface area contributed by atoms with Gasteiger partial charge in [-0.25, -0.2) is 4.98 Å². The predicted octanol–water partition coefficient (Wildman–Crippen LogP) is 1.87. The molecule has 0 aliphatic rings. The van der Waals surface area contributed by atoms with Crippen LogP contribution in [0.2, 0.25) is 0 Å². The summed E-state index contributed by atoms with van der Waals surface area (Å²) in [6.07, 6.45) is 1.12. The van der Waals surface area contributed by atoms with E-state index in [2.05, 4.69) is 29.2 Å². The fourth-order valence-electron chi connectivity index (χ4n) is 1.73. The molecule has 0 unspecified atom stereocenters. The number of anilines is 1. The van der Waals surface area contributed by atoms with Crippen molar-refractivity contribution in [3.05, 3.63) is 10.6 Å². The van der Waals surface area contributed by atoms with Gasteiger partial charge in [-0.15, -0.1) is 11.3 Å². The number of nitrogens with zero attached hydrogens (tertiary/aromatic N) is 2. The lowest BCUT2D eigenvalue weighted by Crippen LogP contribution is -2.18. The van der Waals surface area contributed by atoms with E-state index in [0.29, 0.717) is 6.61 Å². The van der Waals surface area contributed by atoms with E-state index in [1.165, 1.54) is 4.88 Å². The molecule has 0 spiro atoms. The molecular formula is C13H25N3O2S. The minimum atomic E-state index is 0.567. The van der Waals surface area contributed by atoms with Crippen molar-refractivity contribution in [3.8, 4) is 0 Å². The SMILES string of the molecule is CCCN(C)c1nc(COC)c(CNCCOC)s1. The van der Waals surface area contributed by atoms with E-state index in [1.807, 2.05) is 0 Å². The first-order chi connectivity index (χ1) is 9.22. The summed E-state index contributed by atoms with van der Waals surface area (Å²) < 4.78 is 10.2. The van der Waals surface area contributed by atoms with Gasteiger partial charge < -0.3 is 19.7 Å². The van der Waals surface area contributed by atoms with E-state index in [1.54, 1.807) is 25.6 Å². The molecule has 0 atom stereocenters. The van der Waals surface area contributed by atoms with Crippen molar-refractivity contribution in [1.82, 2.24) is 10.3 Å². The van der Waals surface area contributed by atoms with Crippen LogP contribution in [0.1, 0.15) is 23.9 Å². The van der Waals surface area contributed by atoms with Gasteiger partial charge in [0.25, 0.3) is 0 Å². The Balaban J connectivity index is 2.65. The van der Waals surface area contributed by atoms with Gasteiger partial charge in [0.1, 0.15) is 0 Å². The molecule has 110 valence electrons. The molecule has 1 N–H and O–H groups in total. The quantitative estimate of drug-likeness (QED) is 0.666. The van der Waals surface area contributed by atoms with Crippen LogP contribution in [-0.2, 0) is 22.6 Å². The number of methoxy groups -OCH3 is 2. The average molecular weight is 287 g/mol. The summed E-state index contributed by atoms with van der Waals surface area (Å²) in [5.41, 5.74) is 1.04. The summed E-state index contributed by atoms with van der Waals surface area (Å²) in [6, 6.07) is 0. The zero-order valence-corrected chi connectivity index (χ0v) is 13.2. The molecule has 0 saturated heterocycles. The highest BCUT2D eigenvalue weighted by Crippen LogP contribution is 2.26. The van der Waals surface area contributed by atoms with Crippen molar-refractivity contribution in [1.29, 1.82) is 0 Å².